The van der Waals surface area contributed by atoms with Gasteiger partial charge < -0.3 is 5.32 Å². The van der Waals surface area contributed by atoms with Gasteiger partial charge in [0.05, 0.1) is 10.6 Å². The van der Waals surface area contributed by atoms with Crippen molar-refractivity contribution in [1.82, 2.24) is 14.2 Å². The molecule has 2 heterocycles. The molecule has 0 fully saturated rings. The highest BCUT2D eigenvalue weighted by Gasteiger charge is 2.14. The molecule has 3 rings (SSSR count). The van der Waals surface area contributed by atoms with Gasteiger partial charge in [-0.3, -0.25) is 19.3 Å². The van der Waals surface area contributed by atoms with Crippen molar-refractivity contribution in [3.05, 3.63) is 68.8 Å². The lowest BCUT2D eigenvalue weighted by Crippen LogP contribution is -2.28. The van der Waals surface area contributed by atoms with Gasteiger partial charge >= 0.3 is 5.69 Å². The zero-order chi connectivity index (χ0) is 17.3. The van der Waals surface area contributed by atoms with Crippen LogP contribution in [0.15, 0.2) is 47.4 Å². The van der Waals surface area contributed by atoms with Gasteiger partial charge in [-0.05, 0) is 24.6 Å². The number of anilines is 1. The number of fused-ring (bicyclic) bond motifs is 1. The van der Waals surface area contributed by atoms with Gasteiger partial charge in [-0.1, -0.05) is 12.1 Å². The molecule has 24 heavy (non-hydrogen) atoms. The minimum absolute atomic E-state index is 0.124. The van der Waals surface area contributed by atoms with Crippen LogP contribution < -0.4 is 11.0 Å². The highest BCUT2D eigenvalue weighted by Crippen LogP contribution is 2.21. The van der Waals surface area contributed by atoms with Crippen LogP contribution in [0.5, 0.6) is 0 Å². The van der Waals surface area contributed by atoms with Crippen LogP contribution in [-0.4, -0.2) is 25.0 Å². The minimum atomic E-state index is -0.540. The maximum atomic E-state index is 12.2. The lowest BCUT2D eigenvalue weighted by atomic mass is 10.2. The van der Waals surface area contributed by atoms with Crippen LogP contribution in [0, 0.1) is 17.0 Å². The topological polar surface area (TPSA) is 112 Å². The Labute approximate surface area is 135 Å². The Kier molecular flexibility index (Phi) is 3.82. The maximum absolute atomic E-state index is 12.2. The van der Waals surface area contributed by atoms with Gasteiger partial charge in [-0.2, -0.15) is 0 Å². The Morgan fingerprint density at radius 1 is 1.33 bits per heavy atom. The van der Waals surface area contributed by atoms with Gasteiger partial charge in [0.25, 0.3) is 5.69 Å². The molecule has 0 radical (unpaired) electrons. The molecular weight excluding hydrogens is 314 g/mol. The normalized spacial score (nSPS) is 10.7. The molecule has 1 aromatic carbocycles. The van der Waals surface area contributed by atoms with E-state index < -0.39 is 16.5 Å². The molecule has 9 nitrogen and oxygen atoms in total. The zero-order valence-electron chi connectivity index (χ0n) is 12.7. The predicted molar refractivity (Wildman–Crippen MR) is 85.9 cm³/mol. The van der Waals surface area contributed by atoms with Crippen molar-refractivity contribution < 1.29 is 9.72 Å². The van der Waals surface area contributed by atoms with Crippen molar-refractivity contribution in [3.8, 4) is 0 Å². The first-order chi connectivity index (χ1) is 11.5. The first-order valence-corrected chi connectivity index (χ1v) is 7.05. The smallest absolute Gasteiger partial charge is 0.324 e. The molecule has 2 aromatic heterocycles. The van der Waals surface area contributed by atoms with E-state index in [9.17, 15) is 19.7 Å². The van der Waals surface area contributed by atoms with Crippen LogP contribution in [0.3, 0.4) is 0 Å². The van der Waals surface area contributed by atoms with Crippen molar-refractivity contribution in [2.24, 2.45) is 0 Å². The van der Waals surface area contributed by atoms with Crippen molar-refractivity contribution in [2.45, 2.75) is 13.5 Å². The van der Waals surface area contributed by atoms with E-state index >= 15 is 0 Å². The van der Waals surface area contributed by atoms with E-state index in [2.05, 4.69) is 10.4 Å². The third-order valence-electron chi connectivity index (χ3n) is 3.49. The third-order valence-corrected chi connectivity index (χ3v) is 3.49. The largest absolute Gasteiger partial charge is 0.350 e. The summed E-state index contributed by atoms with van der Waals surface area (Å²) in [7, 11) is 0. The number of pyridine rings is 1. The van der Waals surface area contributed by atoms with Crippen molar-refractivity contribution in [3.63, 3.8) is 0 Å². The van der Waals surface area contributed by atoms with E-state index in [1.807, 2.05) is 0 Å². The van der Waals surface area contributed by atoms with Crippen molar-refractivity contribution in [2.75, 3.05) is 5.32 Å². The summed E-state index contributed by atoms with van der Waals surface area (Å²) in [6, 6.07) is 9.26. The van der Waals surface area contributed by atoms with E-state index in [1.165, 1.54) is 16.5 Å². The number of aromatic nitrogens is 3. The van der Waals surface area contributed by atoms with E-state index in [0.29, 0.717) is 16.9 Å². The summed E-state index contributed by atoms with van der Waals surface area (Å²) in [5.41, 5.74) is 0.876. The fourth-order valence-corrected chi connectivity index (χ4v) is 2.26. The summed E-state index contributed by atoms with van der Waals surface area (Å²) < 4.78 is 2.36. The van der Waals surface area contributed by atoms with E-state index in [1.54, 1.807) is 37.4 Å². The number of carbonyl (C=O) groups excluding carboxylic acids is 1. The third kappa shape index (κ3) is 2.86. The van der Waals surface area contributed by atoms with Gasteiger partial charge in [0.1, 0.15) is 6.54 Å². The van der Waals surface area contributed by atoms with Crippen molar-refractivity contribution in [1.29, 1.82) is 0 Å². The van der Waals surface area contributed by atoms with Crippen LogP contribution in [0.2, 0.25) is 0 Å². The number of nitro benzene ring substituents is 1. The Bertz CT molecular complexity index is 1000. The zero-order valence-corrected chi connectivity index (χ0v) is 12.7. The molecule has 122 valence electrons. The van der Waals surface area contributed by atoms with Crippen LogP contribution in [0.4, 0.5) is 11.4 Å². The standard InChI is InChI=1S/C15H13N5O4/c1-10-5-6-11(20(23)24)8-12(10)16-14(21)9-19-15(22)18-7-3-2-4-13(18)17-19/h2-8H,9H2,1H3,(H,16,21). The first-order valence-electron chi connectivity index (χ1n) is 7.05. The number of nitrogens with zero attached hydrogens (tertiary/aromatic N) is 4. The molecule has 3 aromatic rings. The van der Waals surface area contributed by atoms with Crippen LogP contribution in [0.25, 0.3) is 5.65 Å². The van der Waals surface area contributed by atoms with Gasteiger partial charge in [-0.25, -0.2) is 9.48 Å². The maximum Gasteiger partial charge on any atom is 0.350 e. The Morgan fingerprint density at radius 2 is 2.12 bits per heavy atom. The summed E-state index contributed by atoms with van der Waals surface area (Å²) in [5.74, 6) is -0.496. The highest BCUT2D eigenvalue weighted by molar-refractivity contribution is 5.91. The van der Waals surface area contributed by atoms with E-state index in [-0.39, 0.29) is 12.2 Å². The Hall–Kier alpha value is -3.49. The highest BCUT2D eigenvalue weighted by atomic mass is 16.6. The van der Waals surface area contributed by atoms with Gasteiger partial charge in [0.15, 0.2) is 5.65 Å². The quantitative estimate of drug-likeness (QED) is 0.574. The summed E-state index contributed by atoms with van der Waals surface area (Å²) >= 11 is 0. The average molecular weight is 327 g/mol. The summed E-state index contributed by atoms with van der Waals surface area (Å²) in [5, 5.41) is 17.5. The molecule has 0 saturated carbocycles. The number of carbonyl (C=O) groups is 1. The lowest BCUT2D eigenvalue weighted by Gasteiger charge is -2.07. The SMILES string of the molecule is Cc1ccc([N+](=O)[O-])cc1NC(=O)Cn1nc2ccccn2c1=O. The second-order valence-electron chi connectivity index (χ2n) is 5.17. The second kappa shape index (κ2) is 5.95. The molecule has 0 unspecified atom stereocenters. The molecule has 1 N–H and O–H groups in total. The van der Waals surface area contributed by atoms with Crippen molar-refractivity contribution >= 4 is 22.9 Å². The van der Waals surface area contributed by atoms with Gasteiger partial charge in [0, 0.05) is 18.3 Å². The number of rotatable bonds is 4. The monoisotopic (exact) mass is 327 g/mol. The number of amides is 1. The summed E-state index contributed by atoms with van der Waals surface area (Å²) in [6.07, 6.45) is 1.56. The van der Waals surface area contributed by atoms with E-state index in [0.717, 1.165) is 4.68 Å². The van der Waals surface area contributed by atoms with E-state index in [4.69, 9.17) is 0 Å². The minimum Gasteiger partial charge on any atom is -0.324 e. The molecule has 9 heteroatoms. The van der Waals surface area contributed by atoms with Crippen LogP contribution >= 0.6 is 0 Å². The molecule has 0 bridgehead atoms. The fraction of sp³-hybridized carbons (Fsp3) is 0.133. The molecule has 1 amide bonds. The van der Waals surface area contributed by atoms with Crippen LogP contribution in [0.1, 0.15) is 5.56 Å². The fourth-order valence-electron chi connectivity index (χ4n) is 2.26. The summed E-state index contributed by atoms with van der Waals surface area (Å²) in [6.45, 7) is 1.43. The lowest BCUT2D eigenvalue weighted by molar-refractivity contribution is -0.384. The molecular formula is C15H13N5O4. The summed E-state index contributed by atoms with van der Waals surface area (Å²) in [4.78, 5) is 34.6. The first kappa shape index (κ1) is 15.4. The molecule has 0 aliphatic rings. The molecule has 0 aliphatic carbocycles. The van der Waals surface area contributed by atoms with Crippen LogP contribution in [-0.2, 0) is 11.3 Å². The van der Waals surface area contributed by atoms with Gasteiger partial charge in [0.2, 0.25) is 5.91 Å². The Balaban J connectivity index is 1.83. The molecule has 0 atom stereocenters. The molecule has 0 aliphatic heterocycles. The number of hydrogen-bond donors (Lipinski definition) is 1. The predicted octanol–water partition coefficient (Wildman–Crippen LogP) is 1.35. The number of non-ortho nitro benzene ring substituents is 1. The second-order valence-corrected chi connectivity index (χ2v) is 5.17. The Morgan fingerprint density at radius 3 is 2.83 bits per heavy atom. The number of aryl methyl sites for hydroxylation is 1. The number of hydrogen-bond acceptors (Lipinski definition) is 5. The molecule has 0 spiro atoms. The molecule has 0 saturated heterocycles. The number of nitro groups is 1. The van der Waals surface area contributed by atoms with Gasteiger partial charge in [-0.15, -0.1) is 5.10 Å². The number of nitrogens with one attached hydrogen (secondary N) is 1. The number of benzene rings is 1. The average Bonchev–Trinajstić information content (AvgIpc) is 2.86.